The molecule has 0 saturated heterocycles. The molecule has 0 radical (unpaired) electrons. The molecule has 1 aromatic rings. The van der Waals surface area contributed by atoms with Crippen molar-refractivity contribution in [2.45, 2.75) is 46.1 Å². The number of nitrogens with zero attached hydrogens (tertiary/aromatic N) is 1. The van der Waals surface area contributed by atoms with Crippen molar-refractivity contribution in [3.8, 4) is 5.75 Å². The number of nitrogens with one attached hydrogen (secondary N) is 1. The molecule has 160 valence electrons. The molecule has 0 aliphatic carbocycles. The van der Waals surface area contributed by atoms with Gasteiger partial charge in [0.25, 0.3) is 5.91 Å². The number of Topliss-reactive ketones (excluding diaryl/α,β-unsaturated/α-hetero) is 1. The maximum absolute atomic E-state index is 12.1. The van der Waals surface area contributed by atoms with E-state index in [1.54, 1.807) is 24.3 Å². The third-order valence-corrected chi connectivity index (χ3v) is 3.72. The van der Waals surface area contributed by atoms with Crippen molar-refractivity contribution in [2.24, 2.45) is 0 Å². The average molecular weight is 406 g/mol. The first-order valence-electron chi connectivity index (χ1n) is 9.48. The molecule has 0 heterocycles. The molecule has 1 rings (SSSR count). The average Bonchev–Trinajstić information content (AvgIpc) is 2.63. The molecule has 0 aliphatic heterocycles. The number of rotatable bonds is 10. The summed E-state index contributed by atoms with van der Waals surface area (Å²) in [6.45, 7) is 7.30. The van der Waals surface area contributed by atoms with Crippen LogP contribution in [0.25, 0.3) is 0 Å². The Morgan fingerprint density at radius 3 is 2.21 bits per heavy atom. The topological polar surface area (TPSA) is 102 Å². The highest BCUT2D eigenvalue weighted by atomic mass is 16.5. The third kappa shape index (κ3) is 9.73. The van der Waals surface area contributed by atoms with Crippen LogP contribution in [0.5, 0.6) is 5.75 Å². The van der Waals surface area contributed by atoms with E-state index in [9.17, 15) is 19.2 Å². The van der Waals surface area contributed by atoms with Crippen LogP contribution in [0.1, 0.15) is 50.9 Å². The molecule has 1 aromatic carbocycles. The first kappa shape index (κ1) is 24.1. The highest BCUT2D eigenvalue weighted by Crippen LogP contribution is 2.14. The van der Waals surface area contributed by atoms with Gasteiger partial charge in [0.05, 0.1) is 19.6 Å². The summed E-state index contributed by atoms with van der Waals surface area (Å²) in [4.78, 5) is 48.9. The van der Waals surface area contributed by atoms with Crippen LogP contribution in [0, 0.1) is 0 Å². The summed E-state index contributed by atoms with van der Waals surface area (Å²) in [5.41, 5.74) is 0.0745. The molecule has 0 aliphatic rings. The van der Waals surface area contributed by atoms with E-state index in [0.29, 0.717) is 17.9 Å². The zero-order valence-electron chi connectivity index (χ0n) is 17.7. The van der Waals surface area contributed by atoms with E-state index in [1.807, 2.05) is 27.7 Å². The molecule has 0 unspecified atom stereocenters. The van der Waals surface area contributed by atoms with Gasteiger partial charge in [-0.3, -0.25) is 19.2 Å². The first-order valence-corrected chi connectivity index (χ1v) is 9.48. The number of benzene rings is 1. The molecule has 0 aromatic heterocycles. The largest absolute Gasteiger partial charge is 0.494 e. The maximum atomic E-state index is 12.1. The molecule has 0 fully saturated rings. The van der Waals surface area contributed by atoms with Crippen molar-refractivity contribution in [3.63, 3.8) is 0 Å². The fraction of sp³-hybridized carbons (Fsp3) is 0.524. The van der Waals surface area contributed by atoms with Crippen LogP contribution in [0.2, 0.25) is 0 Å². The number of amides is 2. The summed E-state index contributed by atoms with van der Waals surface area (Å²) in [5.74, 6) is -0.986. The van der Waals surface area contributed by atoms with Crippen molar-refractivity contribution in [3.05, 3.63) is 29.8 Å². The molecule has 0 spiro atoms. The normalized spacial score (nSPS) is 10.8. The van der Waals surface area contributed by atoms with Gasteiger partial charge >= 0.3 is 5.97 Å². The first-order chi connectivity index (χ1) is 13.5. The summed E-state index contributed by atoms with van der Waals surface area (Å²) < 4.78 is 10.2. The van der Waals surface area contributed by atoms with Crippen molar-refractivity contribution in [1.29, 1.82) is 0 Å². The second kappa shape index (κ2) is 11.2. The van der Waals surface area contributed by atoms with Crippen molar-refractivity contribution in [1.82, 2.24) is 10.2 Å². The summed E-state index contributed by atoms with van der Waals surface area (Å²) in [6.07, 6.45) is -0.154. The van der Waals surface area contributed by atoms with Gasteiger partial charge in [0.1, 0.15) is 5.75 Å². The van der Waals surface area contributed by atoms with Gasteiger partial charge in [-0.25, -0.2) is 0 Å². The Hall–Kier alpha value is -2.90. The maximum Gasteiger partial charge on any atom is 0.306 e. The standard InChI is InChI=1S/C21H30N2O6/c1-6-28-16-9-7-15(8-10-16)17(24)11-12-20(27)29-14-19(26)23(5)13-18(25)22-21(2,3)4/h7-10H,6,11-14H2,1-5H3,(H,22,25). The van der Waals surface area contributed by atoms with E-state index in [4.69, 9.17) is 9.47 Å². The van der Waals surface area contributed by atoms with E-state index in [1.165, 1.54) is 11.9 Å². The van der Waals surface area contributed by atoms with Gasteiger partial charge in [-0.15, -0.1) is 0 Å². The number of ether oxygens (including phenoxy) is 2. The van der Waals surface area contributed by atoms with Gasteiger partial charge in [-0.1, -0.05) is 0 Å². The lowest BCUT2D eigenvalue weighted by molar-refractivity contribution is -0.152. The van der Waals surface area contributed by atoms with Crippen LogP contribution >= 0.6 is 0 Å². The fourth-order valence-corrected chi connectivity index (χ4v) is 2.35. The Labute approximate surface area is 171 Å². The Balaban J connectivity index is 2.36. The fourth-order valence-electron chi connectivity index (χ4n) is 2.35. The molecule has 0 bridgehead atoms. The van der Waals surface area contributed by atoms with E-state index in [2.05, 4.69) is 5.32 Å². The number of hydrogen-bond acceptors (Lipinski definition) is 6. The summed E-state index contributed by atoms with van der Waals surface area (Å²) >= 11 is 0. The number of carbonyl (C=O) groups is 4. The van der Waals surface area contributed by atoms with Gasteiger partial charge in [-0.05, 0) is 52.0 Å². The molecule has 29 heavy (non-hydrogen) atoms. The Morgan fingerprint density at radius 1 is 1.03 bits per heavy atom. The second-order valence-corrected chi connectivity index (χ2v) is 7.59. The Kier molecular flexibility index (Phi) is 9.31. The lowest BCUT2D eigenvalue weighted by atomic mass is 10.1. The predicted octanol–water partition coefficient (Wildman–Crippen LogP) is 1.96. The predicted molar refractivity (Wildman–Crippen MR) is 108 cm³/mol. The zero-order valence-corrected chi connectivity index (χ0v) is 17.7. The highest BCUT2D eigenvalue weighted by molar-refractivity contribution is 5.97. The smallest absolute Gasteiger partial charge is 0.306 e. The second-order valence-electron chi connectivity index (χ2n) is 7.59. The van der Waals surface area contributed by atoms with Gasteiger partial charge < -0.3 is 19.7 Å². The van der Waals surface area contributed by atoms with Gasteiger partial charge in [0.2, 0.25) is 5.91 Å². The minimum absolute atomic E-state index is 0.0230. The van der Waals surface area contributed by atoms with E-state index in [0.717, 1.165) is 0 Å². The van der Waals surface area contributed by atoms with E-state index < -0.39 is 24.0 Å². The number of esters is 1. The molecule has 2 amide bonds. The van der Waals surface area contributed by atoms with Gasteiger partial charge in [-0.2, -0.15) is 0 Å². The molecule has 1 N–H and O–H groups in total. The number of carbonyl (C=O) groups excluding carboxylic acids is 4. The van der Waals surface area contributed by atoms with Crippen molar-refractivity contribution < 1.29 is 28.7 Å². The molecule has 8 nitrogen and oxygen atoms in total. The summed E-state index contributed by atoms with van der Waals surface area (Å²) in [5, 5.41) is 2.74. The summed E-state index contributed by atoms with van der Waals surface area (Å²) in [6, 6.07) is 6.66. The van der Waals surface area contributed by atoms with E-state index >= 15 is 0 Å². The SMILES string of the molecule is CCOc1ccc(C(=O)CCC(=O)OCC(=O)N(C)CC(=O)NC(C)(C)C)cc1. The lowest BCUT2D eigenvalue weighted by Crippen LogP contribution is -2.46. The lowest BCUT2D eigenvalue weighted by Gasteiger charge is -2.23. The van der Waals surface area contributed by atoms with Crippen LogP contribution in [-0.4, -0.2) is 60.8 Å². The monoisotopic (exact) mass is 406 g/mol. The van der Waals surface area contributed by atoms with Crippen molar-refractivity contribution >= 4 is 23.6 Å². The number of ketones is 1. The molecular formula is C21H30N2O6. The van der Waals surface area contributed by atoms with Gasteiger partial charge in [0.15, 0.2) is 12.4 Å². The van der Waals surface area contributed by atoms with Gasteiger partial charge in [0, 0.05) is 24.6 Å². The molecule has 8 heteroatoms. The Morgan fingerprint density at radius 2 is 1.66 bits per heavy atom. The number of hydrogen-bond donors (Lipinski definition) is 1. The van der Waals surface area contributed by atoms with Crippen LogP contribution in [0.15, 0.2) is 24.3 Å². The molecular weight excluding hydrogens is 376 g/mol. The zero-order chi connectivity index (χ0) is 22.0. The quantitative estimate of drug-likeness (QED) is 0.471. The van der Waals surface area contributed by atoms with Crippen LogP contribution in [-0.2, 0) is 19.1 Å². The minimum Gasteiger partial charge on any atom is -0.494 e. The van der Waals surface area contributed by atoms with Crippen LogP contribution in [0.4, 0.5) is 0 Å². The minimum atomic E-state index is -0.648. The van der Waals surface area contributed by atoms with Crippen molar-refractivity contribution in [2.75, 3.05) is 26.8 Å². The number of likely N-dealkylation sites (N-methyl/N-ethyl adjacent to an activating group) is 1. The summed E-state index contributed by atoms with van der Waals surface area (Å²) in [7, 11) is 1.45. The third-order valence-electron chi connectivity index (χ3n) is 3.72. The van der Waals surface area contributed by atoms with Crippen LogP contribution in [0.3, 0.4) is 0 Å². The molecule has 0 atom stereocenters. The highest BCUT2D eigenvalue weighted by Gasteiger charge is 2.19. The Bertz CT molecular complexity index is 722. The van der Waals surface area contributed by atoms with Crippen LogP contribution < -0.4 is 10.1 Å². The van der Waals surface area contributed by atoms with E-state index in [-0.39, 0.29) is 31.1 Å². The molecule has 0 saturated carbocycles.